The van der Waals surface area contributed by atoms with Gasteiger partial charge in [0.05, 0.1) is 18.0 Å². The zero-order chi connectivity index (χ0) is 27.0. The van der Waals surface area contributed by atoms with Gasteiger partial charge in [0.1, 0.15) is 17.1 Å². The normalized spacial score (nSPS) is 17.2. The minimum atomic E-state index is -3.63. The van der Waals surface area contributed by atoms with Crippen molar-refractivity contribution in [3.05, 3.63) is 75.8 Å². The predicted molar refractivity (Wildman–Crippen MR) is 148 cm³/mol. The number of nitrogens with zero attached hydrogens (tertiary/aromatic N) is 5. The average molecular weight is 570 g/mol. The first-order valence-corrected chi connectivity index (χ1v) is 15.0. The Kier molecular flexibility index (Phi) is 7.05. The van der Waals surface area contributed by atoms with Crippen LogP contribution in [0.4, 0.5) is 5.69 Å². The number of hydrogen-bond donors (Lipinski definition) is 0. The van der Waals surface area contributed by atoms with E-state index in [0.717, 1.165) is 25.7 Å². The molecule has 3 heterocycles. The molecule has 0 spiro atoms. The van der Waals surface area contributed by atoms with Crippen molar-refractivity contribution in [2.75, 3.05) is 31.1 Å². The SMILES string of the molecule is O=c1c(OC2CCCC2)c(N2CCN(S(=O)(=O)Cc3noc4ccccc34)CC2)cnn1-c1cccc(Cl)c1. The van der Waals surface area contributed by atoms with Gasteiger partial charge < -0.3 is 14.2 Å². The van der Waals surface area contributed by atoms with Crippen molar-refractivity contribution in [2.45, 2.75) is 37.5 Å². The molecule has 2 fully saturated rings. The molecule has 2 aromatic heterocycles. The molecule has 0 radical (unpaired) electrons. The summed E-state index contributed by atoms with van der Waals surface area (Å²) in [7, 11) is -3.63. The second-order valence-electron chi connectivity index (χ2n) is 9.85. The summed E-state index contributed by atoms with van der Waals surface area (Å²) >= 11 is 6.16. The second-order valence-corrected chi connectivity index (χ2v) is 12.3. The third kappa shape index (κ3) is 5.26. The number of para-hydroxylation sites is 1. The smallest absolute Gasteiger partial charge is 0.316 e. The average Bonchev–Trinajstić information content (AvgIpc) is 3.60. The van der Waals surface area contributed by atoms with Crippen LogP contribution in [0, 0.1) is 0 Å². The molecule has 0 amide bonds. The van der Waals surface area contributed by atoms with Crippen LogP contribution in [0.2, 0.25) is 5.02 Å². The van der Waals surface area contributed by atoms with E-state index in [0.29, 0.717) is 46.2 Å². The van der Waals surface area contributed by atoms with Crippen molar-refractivity contribution >= 4 is 38.3 Å². The Hall–Kier alpha value is -3.41. The monoisotopic (exact) mass is 569 g/mol. The first kappa shape index (κ1) is 25.8. The number of halogens is 1. The third-order valence-electron chi connectivity index (χ3n) is 7.30. The maximum atomic E-state index is 13.6. The van der Waals surface area contributed by atoms with Crippen LogP contribution in [0.1, 0.15) is 31.4 Å². The van der Waals surface area contributed by atoms with E-state index in [1.165, 1.54) is 8.99 Å². The van der Waals surface area contributed by atoms with Crippen molar-refractivity contribution in [1.82, 2.24) is 19.2 Å². The lowest BCUT2D eigenvalue weighted by Crippen LogP contribution is -2.49. The number of aromatic nitrogens is 3. The molecule has 39 heavy (non-hydrogen) atoms. The summed E-state index contributed by atoms with van der Waals surface area (Å²) in [5.41, 5.74) is 1.71. The molecule has 1 saturated heterocycles. The molecule has 2 aliphatic rings. The van der Waals surface area contributed by atoms with Crippen LogP contribution in [-0.2, 0) is 15.8 Å². The van der Waals surface area contributed by atoms with Crippen LogP contribution < -0.4 is 15.2 Å². The van der Waals surface area contributed by atoms with Gasteiger partial charge in [-0.3, -0.25) is 4.79 Å². The van der Waals surface area contributed by atoms with E-state index in [4.69, 9.17) is 20.9 Å². The molecule has 1 saturated carbocycles. The quantitative estimate of drug-likeness (QED) is 0.328. The predicted octanol–water partition coefficient (Wildman–Crippen LogP) is 4.00. The second kappa shape index (κ2) is 10.6. The Labute approximate surface area is 230 Å². The lowest BCUT2D eigenvalue weighted by molar-refractivity contribution is 0.205. The molecule has 4 aromatic rings. The summed E-state index contributed by atoms with van der Waals surface area (Å²) in [4.78, 5) is 15.6. The van der Waals surface area contributed by atoms with Gasteiger partial charge in [-0.05, 0) is 56.0 Å². The summed E-state index contributed by atoms with van der Waals surface area (Å²) in [5, 5.41) is 9.60. The number of benzene rings is 2. The number of rotatable bonds is 7. The van der Waals surface area contributed by atoms with Crippen LogP contribution in [0.5, 0.6) is 5.75 Å². The molecular weight excluding hydrogens is 542 g/mol. The van der Waals surface area contributed by atoms with Gasteiger partial charge in [0.25, 0.3) is 0 Å². The van der Waals surface area contributed by atoms with E-state index in [9.17, 15) is 13.2 Å². The molecule has 0 N–H and O–H groups in total. The van der Waals surface area contributed by atoms with Crippen LogP contribution >= 0.6 is 11.6 Å². The van der Waals surface area contributed by atoms with Gasteiger partial charge in [0.15, 0.2) is 5.58 Å². The first-order valence-electron chi connectivity index (χ1n) is 13.0. The van der Waals surface area contributed by atoms with Gasteiger partial charge in [-0.1, -0.05) is 35.0 Å². The number of piperazine rings is 1. The van der Waals surface area contributed by atoms with Crippen molar-refractivity contribution in [3.8, 4) is 11.4 Å². The maximum absolute atomic E-state index is 13.6. The highest BCUT2D eigenvalue weighted by atomic mass is 35.5. The van der Waals surface area contributed by atoms with Gasteiger partial charge in [-0.15, -0.1) is 0 Å². The summed E-state index contributed by atoms with van der Waals surface area (Å²) in [6.07, 6.45) is 5.49. The molecule has 12 heteroatoms. The fourth-order valence-electron chi connectivity index (χ4n) is 5.24. The van der Waals surface area contributed by atoms with Gasteiger partial charge in [-0.2, -0.15) is 14.1 Å². The Bertz CT molecular complexity index is 1660. The van der Waals surface area contributed by atoms with E-state index in [1.54, 1.807) is 42.6 Å². The van der Waals surface area contributed by atoms with Crippen LogP contribution in [0.3, 0.4) is 0 Å². The number of sulfonamides is 1. The van der Waals surface area contributed by atoms with Crippen molar-refractivity contribution in [3.63, 3.8) is 0 Å². The molecule has 1 aliphatic carbocycles. The highest BCUT2D eigenvalue weighted by Crippen LogP contribution is 2.31. The van der Waals surface area contributed by atoms with Crippen molar-refractivity contribution in [1.29, 1.82) is 0 Å². The molecule has 204 valence electrons. The van der Waals surface area contributed by atoms with Crippen molar-refractivity contribution < 1.29 is 17.7 Å². The Balaban J connectivity index is 1.23. The molecule has 6 rings (SSSR count). The third-order valence-corrected chi connectivity index (χ3v) is 9.32. The minimum Gasteiger partial charge on any atom is -0.483 e. The summed E-state index contributed by atoms with van der Waals surface area (Å²) in [5.74, 6) is -0.000605. The van der Waals surface area contributed by atoms with Crippen LogP contribution in [-0.4, -0.2) is 59.9 Å². The topological polar surface area (TPSA) is 111 Å². The Morgan fingerprint density at radius 3 is 2.56 bits per heavy atom. The van der Waals surface area contributed by atoms with Crippen molar-refractivity contribution in [2.24, 2.45) is 0 Å². The molecular formula is C27H28ClN5O5S. The summed E-state index contributed by atoms with van der Waals surface area (Å²) < 4.78 is 40.8. The lowest BCUT2D eigenvalue weighted by Gasteiger charge is -2.35. The highest BCUT2D eigenvalue weighted by Gasteiger charge is 2.31. The number of anilines is 1. The summed E-state index contributed by atoms with van der Waals surface area (Å²) in [6, 6.07) is 14.1. The Morgan fingerprint density at radius 1 is 1.03 bits per heavy atom. The number of fused-ring (bicyclic) bond motifs is 1. The minimum absolute atomic E-state index is 0.0365. The zero-order valence-corrected chi connectivity index (χ0v) is 22.8. The fraction of sp³-hybridized carbons (Fsp3) is 0.370. The van der Waals surface area contributed by atoms with Crippen LogP contribution in [0.15, 0.2) is 64.0 Å². The van der Waals surface area contributed by atoms with E-state index < -0.39 is 10.0 Å². The van der Waals surface area contributed by atoms with Gasteiger partial charge in [0.2, 0.25) is 15.8 Å². The van der Waals surface area contributed by atoms with Gasteiger partial charge >= 0.3 is 5.56 Å². The maximum Gasteiger partial charge on any atom is 0.316 e. The highest BCUT2D eigenvalue weighted by molar-refractivity contribution is 7.88. The van der Waals surface area contributed by atoms with E-state index in [-0.39, 0.29) is 36.3 Å². The fourth-order valence-corrected chi connectivity index (χ4v) is 6.88. The van der Waals surface area contributed by atoms with Gasteiger partial charge in [-0.25, -0.2) is 8.42 Å². The van der Waals surface area contributed by atoms with E-state index >= 15 is 0 Å². The van der Waals surface area contributed by atoms with E-state index in [1.807, 2.05) is 17.0 Å². The molecule has 1 aliphatic heterocycles. The molecule has 10 nitrogen and oxygen atoms in total. The van der Waals surface area contributed by atoms with E-state index in [2.05, 4.69) is 10.3 Å². The Morgan fingerprint density at radius 2 is 1.79 bits per heavy atom. The zero-order valence-electron chi connectivity index (χ0n) is 21.2. The van der Waals surface area contributed by atoms with Crippen LogP contribution in [0.25, 0.3) is 16.7 Å². The lowest BCUT2D eigenvalue weighted by atomic mass is 10.2. The largest absolute Gasteiger partial charge is 0.483 e. The number of ether oxygens (including phenoxy) is 1. The molecule has 0 bridgehead atoms. The number of hydrogen-bond acceptors (Lipinski definition) is 8. The summed E-state index contributed by atoms with van der Waals surface area (Å²) in [6.45, 7) is 1.31. The molecule has 0 unspecified atom stereocenters. The van der Waals surface area contributed by atoms with Gasteiger partial charge in [0, 0.05) is 36.6 Å². The molecule has 0 atom stereocenters. The first-order chi connectivity index (χ1) is 18.9. The standard InChI is InChI=1S/C27H28ClN5O5S/c28-19-6-5-7-20(16-19)33-27(34)26(37-21-8-1-2-9-21)24(17-29-33)31-12-14-32(15-13-31)39(35,36)18-23-22-10-3-4-11-25(22)38-30-23/h3-7,10-11,16-17,21H,1-2,8-9,12-15,18H2. The molecule has 2 aromatic carbocycles.